The number of benzene rings is 2. The van der Waals surface area contributed by atoms with Crippen LogP contribution in [0.3, 0.4) is 0 Å². The standard InChI is InChI=1S/C21H27N3O2/c1-3-23-11-13-24(14-12-23)19-9-7-18(8-10-19)22-21(25)16-17-5-4-6-20(15-17)26-2/h4-10,15H,3,11-14,16H2,1-2H3,(H,22,25). The van der Waals surface area contributed by atoms with Crippen LogP contribution in [-0.2, 0) is 11.2 Å². The van der Waals surface area contributed by atoms with Crippen molar-refractivity contribution in [1.29, 1.82) is 0 Å². The summed E-state index contributed by atoms with van der Waals surface area (Å²) in [6, 6.07) is 15.7. The van der Waals surface area contributed by atoms with Gasteiger partial charge in [-0.3, -0.25) is 4.79 Å². The largest absolute Gasteiger partial charge is 0.497 e. The molecular weight excluding hydrogens is 326 g/mol. The number of rotatable bonds is 6. The van der Waals surface area contributed by atoms with Gasteiger partial charge in [0.1, 0.15) is 5.75 Å². The molecule has 2 aromatic rings. The van der Waals surface area contributed by atoms with E-state index in [4.69, 9.17) is 4.74 Å². The molecule has 5 nitrogen and oxygen atoms in total. The van der Waals surface area contributed by atoms with Crippen molar-refractivity contribution in [2.24, 2.45) is 0 Å². The normalized spacial score (nSPS) is 14.9. The number of likely N-dealkylation sites (N-methyl/N-ethyl adjacent to an activating group) is 1. The second-order valence-electron chi connectivity index (χ2n) is 6.54. The van der Waals surface area contributed by atoms with E-state index in [-0.39, 0.29) is 5.91 Å². The predicted molar refractivity (Wildman–Crippen MR) is 106 cm³/mol. The van der Waals surface area contributed by atoms with Crippen LogP contribution in [0.4, 0.5) is 11.4 Å². The van der Waals surface area contributed by atoms with E-state index >= 15 is 0 Å². The van der Waals surface area contributed by atoms with Gasteiger partial charge in [-0.05, 0) is 48.5 Å². The third-order valence-electron chi connectivity index (χ3n) is 4.83. The van der Waals surface area contributed by atoms with Gasteiger partial charge in [-0.25, -0.2) is 0 Å². The minimum atomic E-state index is -0.0254. The first-order valence-corrected chi connectivity index (χ1v) is 9.18. The van der Waals surface area contributed by atoms with Crippen LogP contribution < -0.4 is 15.0 Å². The molecule has 138 valence electrons. The van der Waals surface area contributed by atoms with Crippen LogP contribution in [-0.4, -0.2) is 50.6 Å². The van der Waals surface area contributed by atoms with Crippen molar-refractivity contribution in [1.82, 2.24) is 4.90 Å². The monoisotopic (exact) mass is 353 g/mol. The molecule has 0 aromatic heterocycles. The van der Waals surface area contributed by atoms with E-state index in [1.807, 2.05) is 36.4 Å². The van der Waals surface area contributed by atoms with E-state index in [2.05, 4.69) is 34.2 Å². The van der Waals surface area contributed by atoms with E-state index < -0.39 is 0 Å². The minimum Gasteiger partial charge on any atom is -0.497 e. The molecule has 2 aromatic carbocycles. The number of anilines is 2. The molecular formula is C21H27N3O2. The summed E-state index contributed by atoms with van der Waals surface area (Å²) in [4.78, 5) is 17.1. The van der Waals surface area contributed by atoms with Gasteiger partial charge in [-0.2, -0.15) is 0 Å². The van der Waals surface area contributed by atoms with Crippen molar-refractivity contribution in [2.45, 2.75) is 13.3 Å². The fourth-order valence-electron chi connectivity index (χ4n) is 3.25. The Balaban J connectivity index is 1.54. The number of ether oxygens (including phenoxy) is 1. The van der Waals surface area contributed by atoms with E-state index in [1.54, 1.807) is 7.11 Å². The fourth-order valence-corrected chi connectivity index (χ4v) is 3.25. The first kappa shape index (κ1) is 18.3. The fraction of sp³-hybridized carbons (Fsp3) is 0.381. The molecule has 0 atom stereocenters. The van der Waals surface area contributed by atoms with Gasteiger partial charge in [0.15, 0.2) is 0 Å². The molecule has 26 heavy (non-hydrogen) atoms. The Morgan fingerprint density at radius 2 is 1.81 bits per heavy atom. The molecule has 0 saturated carbocycles. The van der Waals surface area contributed by atoms with Gasteiger partial charge in [0.2, 0.25) is 5.91 Å². The number of piperazine rings is 1. The second kappa shape index (κ2) is 8.72. The molecule has 1 heterocycles. The van der Waals surface area contributed by atoms with Crippen molar-refractivity contribution in [3.63, 3.8) is 0 Å². The average molecular weight is 353 g/mol. The Kier molecular flexibility index (Phi) is 6.12. The van der Waals surface area contributed by atoms with Gasteiger partial charge in [-0.15, -0.1) is 0 Å². The molecule has 0 unspecified atom stereocenters. The Morgan fingerprint density at radius 1 is 1.08 bits per heavy atom. The highest BCUT2D eigenvalue weighted by Crippen LogP contribution is 2.20. The Morgan fingerprint density at radius 3 is 2.46 bits per heavy atom. The number of methoxy groups -OCH3 is 1. The number of carbonyl (C=O) groups is 1. The summed E-state index contributed by atoms with van der Waals surface area (Å²) in [5.74, 6) is 0.741. The smallest absolute Gasteiger partial charge is 0.228 e. The lowest BCUT2D eigenvalue weighted by molar-refractivity contribution is -0.115. The van der Waals surface area contributed by atoms with Gasteiger partial charge >= 0.3 is 0 Å². The summed E-state index contributed by atoms with van der Waals surface area (Å²) >= 11 is 0. The maximum atomic E-state index is 12.3. The van der Waals surface area contributed by atoms with Crippen molar-refractivity contribution in [2.75, 3.05) is 50.1 Å². The van der Waals surface area contributed by atoms with E-state index in [0.717, 1.165) is 49.7 Å². The van der Waals surface area contributed by atoms with Crippen LogP contribution in [0, 0.1) is 0 Å². The maximum absolute atomic E-state index is 12.3. The van der Waals surface area contributed by atoms with Gasteiger partial charge < -0.3 is 19.9 Å². The molecule has 1 saturated heterocycles. The quantitative estimate of drug-likeness (QED) is 0.867. The lowest BCUT2D eigenvalue weighted by atomic mass is 10.1. The summed E-state index contributed by atoms with van der Waals surface area (Å²) in [6.07, 6.45) is 0.331. The summed E-state index contributed by atoms with van der Waals surface area (Å²) in [6.45, 7) is 7.64. The topological polar surface area (TPSA) is 44.8 Å². The van der Waals surface area contributed by atoms with Gasteiger partial charge in [0, 0.05) is 37.6 Å². The zero-order valence-electron chi connectivity index (χ0n) is 15.6. The molecule has 5 heteroatoms. The third-order valence-corrected chi connectivity index (χ3v) is 4.83. The number of nitrogens with one attached hydrogen (secondary N) is 1. The first-order chi connectivity index (χ1) is 12.7. The van der Waals surface area contributed by atoms with Crippen LogP contribution in [0.5, 0.6) is 5.75 Å². The van der Waals surface area contributed by atoms with E-state index in [0.29, 0.717) is 6.42 Å². The molecule has 3 rings (SSSR count). The average Bonchev–Trinajstić information content (AvgIpc) is 2.69. The maximum Gasteiger partial charge on any atom is 0.228 e. The number of amides is 1. The molecule has 1 amide bonds. The molecule has 1 N–H and O–H groups in total. The van der Waals surface area contributed by atoms with Crippen LogP contribution in [0.2, 0.25) is 0 Å². The van der Waals surface area contributed by atoms with Crippen molar-refractivity contribution < 1.29 is 9.53 Å². The van der Waals surface area contributed by atoms with E-state index in [1.165, 1.54) is 5.69 Å². The summed E-state index contributed by atoms with van der Waals surface area (Å²) in [7, 11) is 1.63. The van der Waals surface area contributed by atoms with Gasteiger partial charge in [0.05, 0.1) is 13.5 Å². The van der Waals surface area contributed by atoms with Crippen LogP contribution in [0.25, 0.3) is 0 Å². The van der Waals surface area contributed by atoms with Crippen molar-refractivity contribution in [3.05, 3.63) is 54.1 Å². The van der Waals surface area contributed by atoms with Crippen LogP contribution in [0.15, 0.2) is 48.5 Å². The zero-order chi connectivity index (χ0) is 18.4. The molecule has 1 aliphatic rings. The summed E-state index contributed by atoms with van der Waals surface area (Å²) in [5, 5.41) is 2.97. The second-order valence-corrected chi connectivity index (χ2v) is 6.54. The Hall–Kier alpha value is -2.53. The zero-order valence-corrected chi connectivity index (χ0v) is 15.6. The van der Waals surface area contributed by atoms with Crippen molar-refractivity contribution >= 4 is 17.3 Å². The third kappa shape index (κ3) is 4.76. The number of carbonyl (C=O) groups excluding carboxylic acids is 1. The number of hydrogen-bond acceptors (Lipinski definition) is 4. The highest BCUT2D eigenvalue weighted by molar-refractivity contribution is 5.92. The van der Waals surface area contributed by atoms with Gasteiger partial charge in [0.25, 0.3) is 0 Å². The molecule has 1 aliphatic heterocycles. The molecule has 0 radical (unpaired) electrons. The van der Waals surface area contributed by atoms with E-state index in [9.17, 15) is 4.79 Å². The molecule has 0 bridgehead atoms. The Labute approximate surface area is 155 Å². The van der Waals surface area contributed by atoms with Crippen molar-refractivity contribution in [3.8, 4) is 5.75 Å². The van der Waals surface area contributed by atoms with Gasteiger partial charge in [-0.1, -0.05) is 19.1 Å². The molecule has 0 spiro atoms. The first-order valence-electron chi connectivity index (χ1n) is 9.18. The molecule has 0 aliphatic carbocycles. The SMILES string of the molecule is CCN1CCN(c2ccc(NC(=O)Cc3cccc(OC)c3)cc2)CC1. The lowest BCUT2D eigenvalue weighted by Crippen LogP contribution is -2.46. The summed E-state index contributed by atoms with van der Waals surface area (Å²) in [5.41, 5.74) is 2.98. The van der Waals surface area contributed by atoms with Crippen LogP contribution >= 0.6 is 0 Å². The summed E-state index contributed by atoms with van der Waals surface area (Å²) < 4.78 is 5.20. The minimum absolute atomic E-state index is 0.0254. The highest BCUT2D eigenvalue weighted by atomic mass is 16.5. The lowest BCUT2D eigenvalue weighted by Gasteiger charge is -2.35. The number of nitrogens with zero attached hydrogens (tertiary/aromatic N) is 2. The molecule has 1 fully saturated rings. The van der Waals surface area contributed by atoms with Crippen LogP contribution in [0.1, 0.15) is 12.5 Å². The highest BCUT2D eigenvalue weighted by Gasteiger charge is 2.15. The number of hydrogen-bond donors (Lipinski definition) is 1. The Bertz CT molecular complexity index is 722. The predicted octanol–water partition coefficient (Wildman–Crippen LogP) is 3.02.